The Kier molecular flexibility index (Phi) is 5.55. The van der Waals surface area contributed by atoms with Gasteiger partial charge in [0.15, 0.2) is 5.58 Å². The van der Waals surface area contributed by atoms with Gasteiger partial charge in [-0.05, 0) is 78.1 Å². The van der Waals surface area contributed by atoms with E-state index in [1.807, 2.05) is 6.07 Å². The first kappa shape index (κ1) is 22.6. The molecule has 0 aliphatic heterocycles. The maximum atomic E-state index is 6.07. The van der Waals surface area contributed by atoms with Crippen molar-refractivity contribution in [1.29, 1.82) is 0 Å². The number of hydrogen-bond acceptors (Lipinski definition) is 2. The van der Waals surface area contributed by atoms with Gasteiger partial charge in [-0.3, -0.25) is 0 Å². The number of unbranched alkanes of at least 4 members (excludes halogenated alkanes) is 1. The van der Waals surface area contributed by atoms with E-state index in [1.54, 1.807) is 0 Å². The van der Waals surface area contributed by atoms with Gasteiger partial charge in [-0.15, -0.1) is 0 Å². The minimum absolute atomic E-state index is 0.668. The Morgan fingerprint density at radius 3 is 1.92 bits per heavy atom. The van der Waals surface area contributed by atoms with E-state index in [-0.39, 0.29) is 0 Å². The third-order valence-electron chi connectivity index (χ3n) is 7.44. The van der Waals surface area contributed by atoms with Crippen LogP contribution in [0.4, 0.5) is 0 Å². The molecule has 3 nitrogen and oxygen atoms in total. The van der Waals surface area contributed by atoms with Gasteiger partial charge >= 0.3 is 0 Å². The largest absolute Gasteiger partial charge is 0.436 e. The molecule has 2 heterocycles. The summed E-state index contributed by atoms with van der Waals surface area (Å²) in [6.45, 7) is 2.22. The summed E-state index contributed by atoms with van der Waals surface area (Å²) in [6.07, 6.45) is 3.47. The summed E-state index contributed by atoms with van der Waals surface area (Å²) >= 11 is 0. The Hall–Kier alpha value is -4.63. The van der Waals surface area contributed by atoms with Crippen LogP contribution in [-0.2, 0) is 6.42 Å². The van der Waals surface area contributed by atoms with Crippen molar-refractivity contribution in [2.24, 2.45) is 0 Å². The molecule has 7 rings (SSSR count). The number of aryl methyl sites for hydroxylation is 1. The van der Waals surface area contributed by atoms with Gasteiger partial charge in [0.2, 0.25) is 5.89 Å². The Bertz CT molecular complexity index is 1840. The van der Waals surface area contributed by atoms with E-state index in [1.165, 1.54) is 51.3 Å². The predicted molar refractivity (Wildman–Crippen MR) is 158 cm³/mol. The van der Waals surface area contributed by atoms with Crippen molar-refractivity contribution < 1.29 is 4.42 Å². The second-order valence-corrected chi connectivity index (χ2v) is 9.92. The molecule has 0 aliphatic carbocycles. The molecule has 0 aliphatic rings. The van der Waals surface area contributed by atoms with Crippen molar-refractivity contribution in [3.05, 3.63) is 121 Å². The fraction of sp³-hybridized carbons (Fsp3) is 0.114. The van der Waals surface area contributed by atoms with E-state index in [2.05, 4.69) is 121 Å². The maximum Gasteiger partial charge on any atom is 0.227 e. The molecule has 0 bridgehead atoms. The highest BCUT2D eigenvalue weighted by Crippen LogP contribution is 2.33. The lowest BCUT2D eigenvalue weighted by Gasteiger charge is -2.09. The highest BCUT2D eigenvalue weighted by atomic mass is 16.3. The zero-order valence-corrected chi connectivity index (χ0v) is 21.4. The Morgan fingerprint density at radius 2 is 1.26 bits per heavy atom. The van der Waals surface area contributed by atoms with Gasteiger partial charge in [0.1, 0.15) is 5.52 Å². The SMILES string of the molecule is CCCCc1ccc2oc(-c3ccc(-c4ccc(-n5c6ccccc6c6ccccc65)cc4)cc3)nc2c1. The molecule has 0 atom stereocenters. The monoisotopic (exact) mass is 492 g/mol. The number of rotatable bonds is 6. The lowest BCUT2D eigenvalue weighted by molar-refractivity contribution is 0.620. The summed E-state index contributed by atoms with van der Waals surface area (Å²) in [5.41, 5.74) is 10.0. The average Bonchev–Trinajstić information content (AvgIpc) is 3.55. The third-order valence-corrected chi connectivity index (χ3v) is 7.44. The molecule has 0 saturated heterocycles. The van der Waals surface area contributed by atoms with Crippen molar-refractivity contribution in [3.8, 4) is 28.3 Å². The van der Waals surface area contributed by atoms with Gasteiger partial charge in [0, 0.05) is 22.0 Å². The molecule has 38 heavy (non-hydrogen) atoms. The molecule has 0 saturated carbocycles. The Balaban J connectivity index is 1.18. The number of hydrogen-bond donors (Lipinski definition) is 0. The highest BCUT2D eigenvalue weighted by Gasteiger charge is 2.12. The van der Waals surface area contributed by atoms with Crippen LogP contribution in [-0.4, -0.2) is 9.55 Å². The van der Waals surface area contributed by atoms with E-state index in [4.69, 9.17) is 9.40 Å². The molecule has 5 aromatic carbocycles. The number of para-hydroxylation sites is 2. The summed E-state index contributed by atoms with van der Waals surface area (Å²) in [6, 6.07) is 40.9. The van der Waals surface area contributed by atoms with Crippen molar-refractivity contribution in [2.75, 3.05) is 0 Å². The first-order valence-electron chi connectivity index (χ1n) is 13.4. The van der Waals surface area contributed by atoms with Gasteiger partial charge in [-0.1, -0.05) is 80.1 Å². The fourth-order valence-electron chi connectivity index (χ4n) is 5.44. The molecule has 0 N–H and O–H groups in total. The fourth-order valence-corrected chi connectivity index (χ4v) is 5.44. The predicted octanol–water partition coefficient (Wildman–Crippen LogP) is 9.60. The van der Waals surface area contributed by atoms with Gasteiger partial charge < -0.3 is 8.98 Å². The molecule has 2 aromatic heterocycles. The quantitative estimate of drug-likeness (QED) is 0.231. The van der Waals surface area contributed by atoms with Crippen LogP contribution in [0.5, 0.6) is 0 Å². The number of nitrogens with zero attached hydrogens (tertiary/aromatic N) is 2. The van der Waals surface area contributed by atoms with E-state index in [0.29, 0.717) is 5.89 Å². The molecule has 0 amide bonds. The van der Waals surface area contributed by atoms with Crippen molar-refractivity contribution in [1.82, 2.24) is 9.55 Å². The second-order valence-electron chi connectivity index (χ2n) is 9.92. The van der Waals surface area contributed by atoms with Gasteiger partial charge in [0.05, 0.1) is 11.0 Å². The van der Waals surface area contributed by atoms with Crippen molar-refractivity contribution >= 4 is 32.9 Å². The molecule has 3 heteroatoms. The number of fused-ring (bicyclic) bond motifs is 4. The maximum absolute atomic E-state index is 6.07. The molecular formula is C35H28N2O. The number of oxazole rings is 1. The summed E-state index contributed by atoms with van der Waals surface area (Å²) in [5.74, 6) is 0.668. The first-order chi connectivity index (χ1) is 18.8. The summed E-state index contributed by atoms with van der Waals surface area (Å²) in [7, 11) is 0. The molecular weight excluding hydrogens is 464 g/mol. The highest BCUT2D eigenvalue weighted by molar-refractivity contribution is 6.09. The lowest BCUT2D eigenvalue weighted by Crippen LogP contribution is -1.93. The van der Waals surface area contributed by atoms with Crippen LogP contribution in [0.25, 0.3) is 61.2 Å². The van der Waals surface area contributed by atoms with Crippen LogP contribution < -0.4 is 0 Å². The molecule has 184 valence electrons. The Morgan fingerprint density at radius 1 is 0.658 bits per heavy atom. The van der Waals surface area contributed by atoms with E-state index in [9.17, 15) is 0 Å². The van der Waals surface area contributed by atoms with Crippen molar-refractivity contribution in [3.63, 3.8) is 0 Å². The smallest absolute Gasteiger partial charge is 0.227 e. The van der Waals surface area contributed by atoms with Crippen molar-refractivity contribution in [2.45, 2.75) is 26.2 Å². The molecule has 7 aromatic rings. The van der Waals surface area contributed by atoms with E-state index in [0.717, 1.165) is 28.8 Å². The average molecular weight is 493 g/mol. The van der Waals surface area contributed by atoms with Crippen LogP contribution in [0.2, 0.25) is 0 Å². The van der Waals surface area contributed by atoms with E-state index >= 15 is 0 Å². The van der Waals surface area contributed by atoms with Gasteiger partial charge in [-0.25, -0.2) is 4.98 Å². The van der Waals surface area contributed by atoms with Crippen LogP contribution in [0, 0.1) is 0 Å². The standard InChI is InChI=1S/C35H28N2O/c1-2-3-8-24-13-22-34-31(23-24)36-35(38-34)27-16-14-25(15-17-27)26-18-20-28(21-19-26)37-32-11-6-4-9-29(32)30-10-5-7-12-33(30)37/h4-7,9-23H,2-3,8H2,1H3. The van der Waals surface area contributed by atoms with Crippen LogP contribution in [0.3, 0.4) is 0 Å². The zero-order chi connectivity index (χ0) is 25.5. The third kappa shape index (κ3) is 3.88. The zero-order valence-electron chi connectivity index (χ0n) is 21.4. The van der Waals surface area contributed by atoms with Crippen LogP contribution >= 0.6 is 0 Å². The lowest BCUT2D eigenvalue weighted by atomic mass is 10.0. The first-order valence-corrected chi connectivity index (χ1v) is 13.4. The summed E-state index contributed by atoms with van der Waals surface area (Å²) in [5, 5.41) is 2.55. The summed E-state index contributed by atoms with van der Waals surface area (Å²) < 4.78 is 8.42. The molecule has 0 unspecified atom stereocenters. The van der Waals surface area contributed by atoms with Crippen LogP contribution in [0.15, 0.2) is 120 Å². The molecule has 0 fully saturated rings. The topological polar surface area (TPSA) is 31.0 Å². The second kappa shape index (κ2) is 9.35. The minimum atomic E-state index is 0.668. The van der Waals surface area contributed by atoms with Gasteiger partial charge in [-0.2, -0.15) is 0 Å². The van der Waals surface area contributed by atoms with E-state index < -0.39 is 0 Å². The van der Waals surface area contributed by atoms with Gasteiger partial charge in [0.25, 0.3) is 0 Å². The molecule has 0 radical (unpaired) electrons. The number of benzene rings is 5. The number of aromatic nitrogens is 2. The Labute approximate surface area is 222 Å². The normalized spacial score (nSPS) is 11.6. The minimum Gasteiger partial charge on any atom is -0.436 e. The summed E-state index contributed by atoms with van der Waals surface area (Å²) in [4.78, 5) is 4.77. The molecule has 0 spiro atoms. The van der Waals surface area contributed by atoms with Crippen LogP contribution in [0.1, 0.15) is 25.3 Å².